The van der Waals surface area contributed by atoms with Crippen molar-refractivity contribution in [3.05, 3.63) is 54.5 Å². The maximum Gasteiger partial charge on any atom is 0.230 e. The van der Waals surface area contributed by atoms with Gasteiger partial charge in [0.05, 0.1) is 30.2 Å². The van der Waals surface area contributed by atoms with E-state index in [1.807, 2.05) is 34.0 Å². The molecule has 1 amide bonds. The Bertz CT molecular complexity index is 1150. The number of methoxy groups -OCH3 is 1. The van der Waals surface area contributed by atoms with Gasteiger partial charge in [0.25, 0.3) is 0 Å². The fourth-order valence-electron chi connectivity index (χ4n) is 4.83. The lowest BCUT2D eigenvalue weighted by atomic mass is 9.86. The SMILES string of the molecule is CO[C@H]1CC[C@H](C(=O)N2Cc3cccnc3Nc3ccc(-c4cnn(C(C)C)c4)cc32)CC1. The minimum atomic E-state index is 0.00909. The molecule has 1 aliphatic heterocycles. The Balaban J connectivity index is 1.53. The number of fused-ring (bicyclic) bond motifs is 2. The molecular formula is C26H31N5O2. The zero-order chi connectivity index (χ0) is 22.9. The minimum absolute atomic E-state index is 0.00909. The molecule has 0 radical (unpaired) electrons. The summed E-state index contributed by atoms with van der Waals surface area (Å²) in [6, 6.07) is 10.5. The number of carbonyl (C=O) groups is 1. The summed E-state index contributed by atoms with van der Waals surface area (Å²) in [7, 11) is 1.76. The van der Waals surface area contributed by atoms with Crippen molar-refractivity contribution in [2.45, 2.75) is 58.2 Å². The molecule has 0 saturated heterocycles. The van der Waals surface area contributed by atoms with Gasteiger partial charge in [-0.15, -0.1) is 0 Å². The van der Waals surface area contributed by atoms with Gasteiger partial charge in [0.15, 0.2) is 0 Å². The highest BCUT2D eigenvalue weighted by Crippen LogP contribution is 2.40. The van der Waals surface area contributed by atoms with Crippen molar-refractivity contribution < 1.29 is 9.53 Å². The number of hydrogen-bond acceptors (Lipinski definition) is 5. The van der Waals surface area contributed by atoms with E-state index in [0.717, 1.165) is 59.6 Å². The molecule has 1 aromatic carbocycles. The predicted octanol–water partition coefficient (Wildman–Crippen LogP) is 5.32. The van der Waals surface area contributed by atoms with Gasteiger partial charge in [0.1, 0.15) is 5.82 Å². The Hall–Kier alpha value is -3.19. The first-order valence-corrected chi connectivity index (χ1v) is 11.8. The van der Waals surface area contributed by atoms with Gasteiger partial charge in [-0.2, -0.15) is 5.10 Å². The van der Waals surface area contributed by atoms with Crippen LogP contribution in [0.1, 0.15) is 51.1 Å². The van der Waals surface area contributed by atoms with Crippen molar-refractivity contribution >= 4 is 23.1 Å². The molecule has 1 aliphatic carbocycles. The fourth-order valence-corrected chi connectivity index (χ4v) is 4.83. The van der Waals surface area contributed by atoms with Crippen LogP contribution >= 0.6 is 0 Å². The highest BCUT2D eigenvalue weighted by Gasteiger charge is 2.33. The molecule has 7 heteroatoms. The molecule has 2 aliphatic rings. The van der Waals surface area contributed by atoms with Crippen molar-refractivity contribution in [3.63, 3.8) is 0 Å². The average molecular weight is 446 g/mol. The lowest BCUT2D eigenvalue weighted by molar-refractivity contribution is -0.124. The summed E-state index contributed by atoms with van der Waals surface area (Å²) >= 11 is 0. The molecule has 0 unspecified atom stereocenters. The molecule has 1 fully saturated rings. The standard InChI is InChI=1S/C26H31N5O2/c1-17(2)31-16-21(14-28-31)19-8-11-23-24(13-19)30(15-20-5-4-12-27-25(20)29-23)26(32)18-6-9-22(33-3)10-7-18/h4-5,8,11-14,16-18,22H,6-7,9-10,15H2,1-3H3,(H,27,29)/t18-,22-. The molecule has 7 nitrogen and oxygen atoms in total. The zero-order valence-corrected chi connectivity index (χ0v) is 19.5. The third-order valence-electron chi connectivity index (χ3n) is 6.85. The van der Waals surface area contributed by atoms with E-state index in [1.54, 1.807) is 13.3 Å². The summed E-state index contributed by atoms with van der Waals surface area (Å²) in [5.41, 5.74) is 4.89. The van der Waals surface area contributed by atoms with Crippen molar-refractivity contribution in [1.82, 2.24) is 14.8 Å². The summed E-state index contributed by atoms with van der Waals surface area (Å²) in [6.45, 7) is 4.72. The number of amides is 1. The van der Waals surface area contributed by atoms with Gasteiger partial charge in [-0.3, -0.25) is 9.48 Å². The molecule has 0 spiro atoms. The molecule has 5 rings (SSSR count). The Kier molecular flexibility index (Phi) is 5.89. The number of nitrogens with zero attached hydrogens (tertiary/aromatic N) is 4. The van der Waals surface area contributed by atoms with Crippen molar-refractivity contribution in [2.24, 2.45) is 5.92 Å². The number of anilines is 3. The van der Waals surface area contributed by atoms with Gasteiger partial charge in [0, 0.05) is 42.6 Å². The number of nitrogens with one attached hydrogen (secondary N) is 1. The fraction of sp³-hybridized carbons (Fsp3) is 0.423. The number of rotatable bonds is 4. The summed E-state index contributed by atoms with van der Waals surface area (Å²) in [5, 5.41) is 7.96. The van der Waals surface area contributed by atoms with Gasteiger partial charge in [0.2, 0.25) is 5.91 Å². The molecule has 3 aromatic rings. The van der Waals surface area contributed by atoms with Crippen molar-refractivity contribution in [1.29, 1.82) is 0 Å². The summed E-state index contributed by atoms with van der Waals surface area (Å²) in [6.07, 6.45) is 9.57. The van der Waals surface area contributed by atoms with E-state index in [0.29, 0.717) is 12.6 Å². The normalized spacial score (nSPS) is 20.1. The quantitative estimate of drug-likeness (QED) is 0.588. The summed E-state index contributed by atoms with van der Waals surface area (Å²) in [4.78, 5) is 20.3. The number of carbonyl (C=O) groups excluding carboxylic acids is 1. The lowest BCUT2D eigenvalue weighted by Gasteiger charge is -2.32. The molecule has 1 saturated carbocycles. The minimum Gasteiger partial charge on any atom is -0.381 e. The molecule has 3 heterocycles. The van der Waals surface area contributed by atoms with Crippen LogP contribution in [0.4, 0.5) is 17.2 Å². The lowest BCUT2D eigenvalue weighted by Crippen LogP contribution is -2.38. The number of benzene rings is 1. The monoisotopic (exact) mass is 445 g/mol. The van der Waals surface area contributed by atoms with Crippen LogP contribution in [0, 0.1) is 5.92 Å². The Labute approximate surface area is 194 Å². The molecule has 0 atom stereocenters. The predicted molar refractivity (Wildman–Crippen MR) is 130 cm³/mol. The second-order valence-electron chi connectivity index (χ2n) is 9.30. The smallest absolute Gasteiger partial charge is 0.230 e. The highest BCUT2D eigenvalue weighted by atomic mass is 16.5. The van der Waals surface area contributed by atoms with E-state index >= 15 is 0 Å². The molecule has 33 heavy (non-hydrogen) atoms. The molecular weight excluding hydrogens is 414 g/mol. The van der Waals surface area contributed by atoms with Gasteiger partial charge >= 0.3 is 0 Å². The van der Waals surface area contributed by atoms with Crippen LogP contribution in [0.2, 0.25) is 0 Å². The maximum atomic E-state index is 13.8. The zero-order valence-electron chi connectivity index (χ0n) is 19.5. The third kappa shape index (κ3) is 4.25. The third-order valence-corrected chi connectivity index (χ3v) is 6.85. The number of ether oxygens (including phenoxy) is 1. The van der Waals surface area contributed by atoms with E-state index in [9.17, 15) is 4.79 Å². The van der Waals surface area contributed by atoms with Crippen LogP contribution in [-0.2, 0) is 16.1 Å². The number of aromatic nitrogens is 3. The summed E-state index contributed by atoms with van der Waals surface area (Å²) < 4.78 is 7.47. The van der Waals surface area contributed by atoms with E-state index < -0.39 is 0 Å². The Morgan fingerprint density at radius 1 is 1.15 bits per heavy atom. The molecule has 0 bridgehead atoms. The van der Waals surface area contributed by atoms with E-state index in [4.69, 9.17) is 4.74 Å². The second-order valence-corrected chi connectivity index (χ2v) is 9.30. The number of pyridine rings is 1. The largest absolute Gasteiger partial charge is 0.381 e. The topological polar surface area (TPSA) is 72.3 Å². The van der Waals surface area contributed by atoms with Gasteiger partial charge in [-0.25, -0.2) is 4.98 Å². The van der Waals surface area contributed by atoms with Crippen molar-refractivity contribution in [3.8, 4) is 11.1 Å². The first-order chi connectivity index (χ1) is 16.0. The van der Waals surface area contributed by atoms with E-state index in [2.05, 4.69) is 47.6 Å². The van der Waals surface area contributed by atoms with Crippen LogP contribution in [0.3, 0.4) is 0 Å². The summed E-state index contributed by atoms with van der Waals surface area (Å²) in [5.74, 6) is 0.992. The molecule has 1 N–H and O–H groups in total. The Morgan fingerprint density at radius 2 is 1.97 bits per heavy atom. The highest BCUT2D eigenvalue weighted by molar-refractivity contribution is 6.00. The van der Waals surface area contributed by atoms with E-state index in [-0.39, 0.29) is 17.9 Å². The Morgan fingerprint density at radius 3 is 2.70 bits per heavy atom. The van der Waals surface area contributed by atoms with Gasteiger partial charge in [-0.05, 0) is 63.3 Å². The second kappa shape index (κ2) is 8.98. The van der Waals surface area contributed by atoms with Crippen LogP contribution in [0.5, 0.6) is 0 Å². The average Bonchev–Trinajstić information content (AvgIpc) is 3.28. The van der Waals surface area contributed by atoms with Gasteiger partial charge in [-0.1, -0.05) is 12.1 Å². The van der Waals surface area contributed by atoms with Crippen molar-refractivity contribution in [2.75, 3.05) is 17.3 Å². The molecule has 172 valence electrons. The van der Waals surface area contributed by atoms with Crippen LogP contribution in [-0.4, -0.2) is 33.9 Å². The van der Waals surface area contributed by atoms with E-state index in [1.165, 1.54) is 0 Å². The van der Waals surface area contributed by atoms with Crippen LogP contribution in [0.25, 0.3) is 11.1 Å². The van der Waals surface area contributed by atoms with Gasteiger partial charge < -0.3 is 15.0 Å². The first kappa shape index (κ1) is 21.6. The maximum absolute atomic E-state index is 13.8. The van der Waals surface area contributed by atoms with Crippen LogP contribution < -0.4 is 10.2 Å². The molecule has 2 aromatic heterocycles. The first-order valence-electron chi connectivity index (χ1n) is 11.8. The number of hydrogen-bond donors (Lipinski definition) is 1. The van der Waals surface area contributed by atoms with Crippen LogP contribution in [0.15, 0.2) is 48.9 Å².